The first-order valence-electron chi connectivity index (χ1n) is 30.0. The Hall–Kier alpha value is -6.48. The zero-order chi connectivity index (χ0) is 61.0. The van der Waals surface area contributed by atoms with E-state index in [2.05, 4.69) is 255 Å². The van der Waals surface area contributed by atoms with Gasteiger partial charge in [-0.25, -0.2) is 4.98 Å². The average Bonchev–Trinajstić information content (AvgIpc) is 3.59. The smallest absolute Gasteiger partial charge is 0.138 e. The Balaban J connectivity index is 0.000000187. The van der Waals surface area contributed by atoms with Crippen molar-refractivity contribution in [1.29, 1.82) is 0 Å². The van der Waals surface area contributed by atoms with Gasteiger partial charge < -0.3 is 24.9 Å². The van der Waals surface area contributed by atoms with Crippen molar-refractivity contribution in [2.75, 3.05) is 0 Å². The highest BCUT2D eigenvalue weighted by molar-refractivity contribution is 5.94. The Morgan fingerprint density at radius 2 is 0.549 bits per heavy atom. The predicted molar refractivity (Wildman–Crippen MR) is 359 cm³/mol. The van der Waals surface area contributed by atoms with E-state index in [1.165, 1.54) is 156 Å². The molecule has 0 aliphatic rings. The minimum Gasteiger partial charge on any atom is -0.358 e. The third-order valence-corrected chi connectivity index (χ3v) is 18.2. The lowest BCUT2D eigenvalue weighted by Crippen LogP contribution is -1.95. The van der Waals surface area contributed by atoms with Crippen LogP contribution in [0.15, 0.2) is 0 Å². The second-order valence-electron chi connectivity index (χ2n) is 25.5. The normalized spacial score (nSPS) is 11.6. The molecule has 0 saturated carbocycles. The molecule has 9 aromatic heterocycles. The summed E-state index contributed by atoms with van der Waals surface area (Å²) in [6.07, 6.45) is 0. The van der Waals surface area contributed by atoms with Gasteiger partial charge in [-0.3, -0.25) is 15.0 Å². The van der Waals surface area contributed by atoms with Gasteiger partial charge in [-0.15, -0.1) is 0 Å². The van der Waals surface area contributed by atoms with Gasteiger partial charge in [0.2, 0.25) is 0 Å². The highest BCUT2D eigenvalue weighted by Gasteiger charge is 2.22. The summed E-state index contributed by atoms with van der Waals surface area (Å²) in [5.41, 5.74) is 41.2. The third kappa shape index (κ3) is 12.3. The molecule has 1 aromatic carbocycles. The molecule has 0 spiro atoms. The van der Waals surface area contributed by atoms with Crippen LogP contribution in [0.1, 0.15) is 252 Å². The summed E-state index contributed by atoms with van der Waals surface area (Å²) >= 11 is 0. The van der Waals surface area contributed by atoms with E-state index in [1.807, 2.05) is 0 Å². The first-order valence-corrected chi connectivity index (χ1v) is 30.0. The van der Waals surface area contributed by atoms with Gasteiger partial charge in [-0.2, -0.15) is 0 Å². The lowest BCUT2D eigenvalue weighted by atomic mass is 9.90. The van der Waals surface area contributed by atoms with Crippen molar-refractivity contribution in [2.45, 2.75) is 252 Å². The molecular weight excluding hydrogens is 1000 g/mol. The Morgan fingerprint density at radius 3 is 1.05 bits per heavy atom. The first-order chi connectivity index (χ1) is 37.6. The molecule has 0 fully saturated rings. The van der Waals surface area contributed by atoms with Gasteiger partial charge in [0, 0.05) is 89.6 Å². The van der Waals surface area contributed by atoms with Crippen molar-refractivity contribution in [3.63, 3.8) is 0 Å². The quantitative estimate of drug-likeness (QED) is 0.117. The maximum atomic E-state index is 4.75. The van der Waals surface area contributed by atoms with Crippen molar-refractivity contribution in [2.24, 2.45) is 0 Å². The highest BCUT2D eigenvalue weighted by atomic mass is 14.9. The molecule has 444 valence electrons. The number of H-pyrrole nitrogens is 5. The van der Waals surface area contributed by atoms with Crippen LogP contribution in [0.2, 0.25) is 0 Å². The van der Waals surface area contributed by atoms with Gasteiger partial charge in [0.25, 0.3) is 0 Å². The molecule has 10 aromatic rings. The Morgan fingerprint density at radius 1 is 0.232 bits per heavy atom. The molecule has 10 rings (SSSR count). The number of nitrogens with one attached hydrogen (secondary N) is 5. The number of hydrogen-bond donors (Lipinski definition) is 5. The van der Waals surface area contributed by atoms with E-state index in [-0.39, 0.29) is 7.43 Å². The fourth-order valence-corrected chi connectivity index (χ4v) is 13.1. The monoisotopic (exact) mass is 1110 g/mol. The first kappa shape index (κ1) is 66.3. The summed E-state index contributed by atoms with van der Waals surface area (Å²) in [6, 6.07) is 0. The van der Waals surface area contributed by atoms with Crippen molar-refractivity contribution in [3.8, 4) is 0 Å². The SMILES string of the molecule is C.Cc1[nH]c2c(C)c(C)c(C)c(C)c2c1C(C)C.Cc1nc(C)c2[nH]c(C)c(C(C)C)c2c1C.Cc1nc(C)c2c(C(C)C)c(C)[nH]c2c1C.Cc1nc2[nH]c(C)c(C(C)C)c2c(C)c1C.Cc1nc2c(C(C)C)c(C)[nH]c2c(C)c1C. The summed E-state index contributed by atoms with van der Waals surface area (Å²) in [7, 11) is 0. The molecule has 82 heavy (non-hydrogen) atoms. The van der Waals surface area contributed by atoms with Crippen LogP contribution in [0.3, 0.4) is 0 Å². The van der Waals surface area contributed by atoms with Gasteiger partial charge >= 0.3 is 0 Å². The molecule has 0 aliphatic heterocycles. The second kappa shape index (κ2) is 25.6. The van der Waals surface area contributed by atoms with E-state index in [4.69, 9.17) is 4.98 Å². The fourth-order valence-electron chi connectivity index (χ4n) is 13.1. The topological polar surface area (TPSA) is 131 Å². The molecule has 9 heterocycles. The average molecular weight is 1110 g/mol. The molecule has 0 radical (unpaired) electrons. The minimum absolute atomic E-state index is 0. The number of aromatic amines is 5. The Bertz CT molecular complexity index is 3960. The van der Waals surface area contributed by atoms with Crippen molar-refractivity contribution < 1.29 is 0 Å². The van der Waals surface area contributed by atoms with Crippen molar-refractivity contribution >= 4 is 54.8 Å². The predicted octanol–water partition coefficient (Wildman–Crippen LogP) is 21.1. The maximum Gasteiger partial charge on any atom is 0.138 e. The van der Waals surface area contributed by atoms with Gasteiger partial charge in [-0.1, -0.05) is 76.7 Å². The van der Waals surface area contributed by atoms with E-state index >= 15 is 0 Å². The number of benzene rings is 1. The van der Waals surface area contributed by atoms with Gasteiger partial charge in [0.05, 0.1) is 27.8 Å². The Kier molecular flexibility index (Phi) is 20.7. The van der Waals surface area contributed by atoms with E-state index in [0.717, 1.165) is 45.3 Å². The minimum atomic E-state index is 0. The third-order valence-electron chi connectivity index (χ3n) is 18.2. The van der Waals surface area contributed by atoms with Gasteiger partial charge in [0.1, 0.15) is 5.65 Å². The number of hydrogen-bond acceptors (Lipinski definition) is 4. The zero-order valence-electron chi connectivity index (χ0n) is 56.2. The molecule has 0 aliphatic carbocycles. The van der Waals surface area contributed by atoms with Gasteiger partial charge in [0.15, 0.2) is 0 Å². The van der Waals surface area contributed by atoms with E-state index < -0.39 is 0 Å². The molecule has 9 heteroatoms. The van der Waals surface area contributed by atoms with Gasteiger partial charge in [-0.05, 0) is 253 Å². The molecular formula is C73H107N9. The van der Waals surface area contributed by atoms with Crippen LogP contribution in [0.5, 0.6) is 0 Å². The molecule has 0 unspecified atom stereocenters. The van der Waals surface area contributed by atoms with Crippen molar-refractivity contribution in [1.82, 2.24) is 44.9 Å². The number of rotatable bonds is 5. The molecule has 0 bridgehead atoms. The van der Waals surface area contributed by atoms with E-state index in [1.54, 1.807) is 0 Å². The van der Waals surface area contributed by atoms with Crippen LogP contribution in [0, 0.1) is 145 Å². The van der Waals surface area contributed by atoms with Crippen LogP contribution in [-0.2, 0) is 0 Å². The summed E-state index contributed by atoms with van der Waals surface area (Å²) < 4.78 is 0. The summed E-state index contributed by atoms with van der Waals surface area (Å²) in [5.74, 6) is 2.72. The van der Waals surface area contributed by atoms with Crippen LogP contribution in [-0.4, -0.2) is 44.9 Å². The fraction of sp³-hybridized carbons (Fsp3) is 0.507. The van der Waals surface area contributed by atoms with Crippen LogP contribution < -0.4 is 0 Å². The summed E-state index contributed by atoms with van der Waals surface area (Å²) in [5, 5.41) is 5.50. The zero-order valence-corrected chi connectivity index (χ0v) is 56.2. The lowest BCUT2D eigenvalue weighted by molar-refractivity contribution is 0.860. The maximum absolute atomic E-state index is 4.75. The molecule has 0 saturated heterocycles. The number of pyridine rings is 4. The molecule has 0 atom stereocenters. The largest absolute Gasteiger partial charge is 0.358 e. The standard InChI is InChI=1S/C16H23N.4C14H20N2.CH4/c1-8(2)14-13(7)17-16-12(6)10(4)9(3)11(5)15(14)16;1-7(2)12-10(5)16-14-8(3)9(4)15-11(6)13(12)14;1-7(2)12-10(5)16-14-11(6)15-9(4)8(3)13(12)14;1-7(2)12-11(6)16-13-9(4)8(3)10(5)15-14(12)13;1-7(2)12-11(6)16-14-13(12)9(4)8(3)10(5)15-14;/h8,17H,1-7H3;3*7,16H,1-6H3;7H,1-6H3,(H,15,16);1H4. The summed E-state index contributed by atoms with van der Waals surface area (Å²) in [4.78, 5) is 36.1. The summed E-state index contributed by atoms with van der Waals surface area (Å²) in [6.45, 7) is 67.7. The highest BCUT2D eigenvalue weighted by Crippen LogP contribution is 2.38. The second-order valence-corrected chi connectivity index (χ2v) is 25.5. The molecule has 9 nitrogen and oxygen atoms in total. The van der Waals surface area contributed by atoms with Crippen molar-refractivity contribution in [3.05, 3.63) is 146 Å². The van der Waals surface area contributed by atoms with E-state index in [9.17, 15) is 0 Å². The Labute approximate surface area is 495 Å². The van der Waals surface area contributed by atoms with E-state index in [0.29, 0.717) is 29.6 Å². The molecule has 0 amide bonds. The van der Waals surface area contributed by atoms with Crippen LogP contribution in [0.4, 0.5) is 0 Å². The molecule has 5 N–H and O–H groups in total. The lowest BCUT2D eigenvalue weighted by Gasteiger charge is -2.13. The van der Waals surface area contributed by atoms with Crippen LogP contribution >= 0.6 is 0 Å². The number of aromatic nitrogens is 9. The number of nitrogens with zero attached hydrogens (tertiary/aromatic N) is 4. The number of fused-ring (bicyclic) bond motifs is 5. The number of aryl methyl sites for hydroxylation is 17. The van der Waals surface area contributed by atoms with Crippen LogP contribution in [0.25, 0.3) is 54.8 Å².